The van der Waals surface area contributed by atoms with Crippen molar-refractivity contribution in [1.82, 2.24) is 4.90 Å². The highest BCUT2D eigenvalue weighted by molar-refractivity contribution is 9.10. The van der Waals surface area contributed by atoms with Gasteiger partial charge in [-0.1, -0.05) is 33.2 Å². The lowest BCUT2D eigenvalue weighted by Gasteiger charge is -2.27. The SMILES string of the molecule is O=C(Cc1ccc(Br)cc1)N1CCC(=NO)CC1. The fraction of sp³-hybridized carbons (Fsp3) is 0.385. The van der Waals surface area contributed by atoms with E-state index < -0.39 is 0 Å². The second kappa shape index (κ2) is 6.00. The predicted molar refractivity (Wildman–Crippen MR) is 72.9 cm³/mol. The summed E-state index contributed by atoms with van der Waals surface area (Å²) in [5.41, 5.74) is 1.80. The summed E-state index contributed by atoms with van der Waals surface area (Å²) in [6, 6.07) is 7.78. The van der Waals surface area contributed by atoms with Crippen molar-refractivity contribution in [3.63, 3.8) is 0 Å². The summed E-state index contributed by atoms with van der Waals surface area (Å²) in [5.74, 6) is 0.134. The van der Waals surface area contributed by atoms with Crippen LogP contribution in [0.15, 0.2) is 33.9 Å². The molecule has 1 aliphatic rings. The van der Waals surface area contributed by atoms with Gasteiger partial charge in [0.15, 0.2) is 0 Å². The highest BCUT2D eigenvalue weighted by Crippen LogP contribution is 2.13. The molecule has 1 aliphatic heterocycles. The van der Waals surface area contributed by atoms with E-state index in [1.165, 1.54) is 0 Å². The van der Waals surface area contributed by atoms with Gasteiger partial charge in [0.1, 0.15) is 0 Å². The lowest BCUT2D eigenvalue weighted by Crippen LogP contribution is -2.39. The molecule has 0 radical (unpaired) electrons. The van der Waals surface area contributed by atoms with E-state index in [4.69, 9.17) is 5.21 Å². The van der Waals surface area contributed by atoms with Gasteiger partial charge in [0.05, 0.1) is 12.1 Å². The van der Waals surface area contributed by atoms with Gasteiger partial charge in [0.25, 0.3) is 0 Å². The van der Waals surface area contributed by atoms with Crippen LogP contribution < -0.4 is 0 Å². The Hall–Kier alpha value is -1.36. The topological polar surface area (TPSA) is 52.9 Å². The molecular formula is C13H15BrN2O2. The third-order valence-electron chi connectivity index (χ3n) is 3.10. The Morgan fingerprint density at radius 3 is 2.44 bits per heavy atom. The zero-order chi connectivity index (χ0) is 13.0. The van der Waals surface area contributed by atoms with Crippen molar-refractivity contribution in [2.75, 3.05) is 13.1 Å². The molecule has 0 unspecified atom stereocenters. The molecule has 0 spiro atoms. The minimum atomic E-state index is 0.134. The van der Waals surface area contributed by atoms with Crippen molar-refractivity contribution < 1.29 is 10.0 Å². The highest BCUT2D eigenvalue weighted by Gasteiger charge is 2.19. The fourth-order valence-electron chi connectivity index (χ4n) is 2.00. The second-order valence-electron chi connectivity index (χ2n) is 4.35. The number of oxime groups is 1. The van der Waals surface area contributed by atoms with Crippen LogP contribution in [0.2, 0.25) is 0 Å². The van der Waals surface area contributed by atoms with E-state index in [9.17, 15) is 4.79 Å². The van der Waals surface area contributed by atoms with E-state index in [-0.39, 0.29) is 5.91 Å². The number of carbonyl (C=O) groups excluding carboxylic acids is 1. The van der Waals surface area contributed by atoms with Crippen molar-refractivity contribution in [3.8, 4) is 0 Å². The van der Waals surface area contributed by atoms with Crippen LogP contribution in [0, 0.1) is 0 Å². The number of amides is 1. The van der Waals surface area contributed by atoms with E-state index in [0.717, 1.165) is 15.7 Å². The summed E-state index contributed by atoms with van der Waals surface area (Å²) >= 11 is 3.37. The van der Waals surface area contributed by atoms with Crippen LogP contribution in [0.4, 0.5) is 0 Å². The first-order valence-electron chi connectivity index (χ1n) is 5.91. The number of hydrogen-bond acceptors (Lipinski definition) is 3. The maximum absolute atomic E-state index is 12.1. The maximum atomic E-state index is 12.1. The van der Waals surface area contributed by atoms with Gasteiger partial charge in [-0.2, -0.15) is 0 Å². The van der Waals surface area contributed by atoms with E-state index in [1.54, 1.807) is 0 Å². The van der Waals surface area contributed by atoms with E-state index in [2.05, 4.69) is 21.1 Å². The van der Waals surface area contributed by atoms with Crippen LogP contribution in [0.3, 0.4) is 0 Å². The Morgan fingerprint density at radius 2 is 1.89 bits per heavy atom. The van der Waals surface area contributed by atoms with Crippen LogP contribution >= 0.6 is 15.9 Å². The molecule has 18 heavy (non-hydrogen) atoms. The third-order valence-corrected chi connectivity index (χ3v) is 3.63. The number of piperidine rings is 1. The Bertz CT molecular complexity index is 447. The molecule has 0 aliphatic carbocycles. The molecule has 1 amide bonds. The number of benzene rings is 1. The summed E-state index contributed by atoms with van der Waals surface area (Å²) in [6.07, 6.45) is 1.77. The molecule has 5 heteroatoms. The molecule has 96 valence electrons. The molecule has 0 atom stereocenters. The maximum Gasteiger partial charge on any atom is 0.227 e. The summed E-state index contributed by atoms with van der Waals surface area (Å²) in [5, 5.41) is 11.9. The zero-order valence-electron chi connectivity index (χ0n) is 9.97. The lowest BCUT2D eigenvalue weighted by atomic mass is 10.1. The van der Waals surface area contributed by atoms with Crippen molar-refractivity contribution in [2.45, 2.75) is 19.3 Å². The first-order valence-corrected chi connectivity index (χ1v) is 6.70. The first-order chi connectivity index (χ1) is 8.69. The molecule has 0 saturated carbocycles. The standard InChI is InChI=1S/C13H15BrN2O2/c14-11-3-1-10(2-4-11)9-13(17)16-7-5-12(15-18)6-8-16/h1-4,18H,5-9H2. The Balaban J connectivity index is 1.91. The quantitative estimate of drug-likeness (QED) is 0.674. The molecule has 1 aromatic carbocycles. The van der Waals surface area contributed by atoms with Gasteiger partial charge in [-0.25, -0.2) is 0 Å². The van der Waals surface area contributed by atoms with Gasteiger partial charge in [0, 0.05) is 30.4 Å². The number of halogens is 1. The molecule has 1 heterocycles. The largest absolute Gasteiger partial charge is 0.411 e. The molecule has 1 fully saturated rings. The smallest absolute Gasteiger partial charge is 0.227 e. The third kappa shape index (κ3) is 3.32. The molecule has 2 rings (SSSR count). The zero-order valence-corrected chi connectivity index (χ0v) is 11.6. The van der Waals surface area contributed by atoms with Crippen molar-refractivity contribution in [1.29, 1.82) is 0 Å². The van der Waals surface area contributed by atoms with Crippen molar-refractivity contribution >= 4 is 27.5 Å². The van der Waals surface area contributed by atoms with Crippen LogP contribution in [0.5, 0.6) is 0 Å². The highest BCUT2D eigenvalue weighted by atomic mass is 79.9. The summed E-state index contributed by atoms with van der Waals surface area (Å²) < 4.78 is 1.01. The Kier molecular flexibility index (Phi) is 4.36. The monoisotopic (exact) mass is 310 g/mol. The summed E-state index contributed by atoms with van der Waals surface area (Å²) in [4.78, 5) is 13.9. The molecule has 1 N–H and O–H groups in total. The normalized spacial score (nSPS) is 15.6. The van der Waals surface area contributed by atoms with E-state index in [1.807, 2.05) is 29.2 Å². The molecule has 1 aromatic rings. The average Bonchev–Trinajstić information content (AvgIpc) is 2.41. The number of nitrogens with zero attached hydrogens (tertiary/aromatic N) is 2. The van der Waals surface area contributed by atoms with E-state index >= 15 is 0 Å². The van der Waals surface area contributed by atoms with E-state index in [0.29, 0.717) is 32.4 Å². The van der Waals surface area contributed by atoms with Gasteiger partial charge in [-0.3, -0.25) is 4.79 Å². The van der Waals surface area contributed by atoms with Crippen LogP contribution in [-0.4, -0.2) is 34.8 Å². The predicted octanol–water partition coefficient (Wildman–Crippen LogP) is 2.44. The van der Waals surface area contributed by atoms with Crippen LogP contribution in [0.25, 0.3) is 0 Å². The van der Waals surface area contributed by atoms with Gasteiger partial charge in [-0.15, -0.1) is 0 Å². The number of carbonyl (C=O) groups is 1. The van der Waals surface area contributed by atoms with Crippen LogP contribution in [-0.2, 0) is 11.2 Å². The second-order valence-corrected chi connectivity index (χ2v) is 5.27. The van der Waals surface area contributed by atoms with Gasteiger partial charge in [0.2, 0.25) is 5.91 Å². The number of rotatable bonds is 2. The minimum Gasteiger partial charge on any atom is -0.411 e. The number of likely N-dealkylation sites (tertiary alicyclic amines) is 1. The summed E-state index contributed by atoms with van der Waals surface area (Å²) in [6.45, 7) is 1.30. The average molecular weight is 311 g/mol. The number of hydrogen-bond donors (Lipinski definition) is 1. The molecule has 0 aromatic heterocycles. The van der Waals surface area contributed by atoms with Crippen molar-refractivity contribution in [3.05, 3.63) is 34.3 Å². The molecule has 4 nitrogen and oxygen atoms in total. The Morgan fingerprint density at radius 1 is 1.28 bits per heavy atom. The Labute approximate surface area is 114 Å². The molecular weight excluding hydrogens is 296 g/mol. The fourth-order valence-corrected chi connectivity index (χ4v) is 2.27. The van der Waals surface area contributed by atoms with Crippen LogP contribution in [0.1, 0.15) is 18.4 Å². The van der Waals surface area contributed by atoms with Gasteiger partial charge in [-0.05, 0) is 17.7 Å². The minimum absolute atomic E-state index is 0.134. The molecule has 1 saturated heterocycles. The van der Waals surface area contributed by atoms with Gasteiger partial charge >= 0.3 is 0 Å². The first kappa shape index (κ1) is 13.1. The lowest BCUT2D eigenvalue weighted by molar-refractivity contribution is -0.130. The molecule has 0 bridgehead atoms. The van der Waals surface area contributed by atoms with Crippen molar-refractivity contribution in [2.24, 2.45) is 5.16 Å². The summed E-state index contributed by atoms with van der Waals surface area (Å²) in [7, 11) is 0. The van der Waals surface area contributed by atoms with Gasteiger partial charge < -0.3 is 10.1 Å².